The number of hydrogen-bond donors (Lipinski definition) is 4. The van der Waals surface area contributed by atoms with Crippen LogP contribution in [0.4, 0.5) is 0 Å². The van der Waals surface area contributed by atoms with E-state index in [4.69, 9.17) is 109 Å². The van der Waals surface area contributed by atoms with Gasteiger partial charge in [-0.25, -0.2) is 0 Å². The molecule has 0 amide bonds. The van der Waals surface area contributed by atoms with Gasteiger partial charge in [0.1, 0.15) is 48.6 Å². The van der Waals surface area contributed by atoms with E-state index in [9.17, 15) is 19.2 Å². The Hall–Kier alpha value is -7.16. The number of fused-ring (bicyclic) bond motifs is 12. The van der Waals surface area contributed by atoms with Crippen molar-refractivity contribution in [1.82, 2.24) is 19.6 Å². The molecule has 0 aliphatic carbocycles. The zero-order valence-electron chi connectivity index (χ0n) is 95.2. The number of methoxy groups -OCH3 is 8. The fraction of sp³-hybridized carbons (Fsp3) is 0.708. The van der Waals surface area contributed by atoms with Crippen LogP contribution in [-0.4, -0.2) is 201 Å². The number of nitrogens with zero attached hydrogens (tertiary/aromatic N) is 4. The third-order valence-electron chi connectivity index (χ3n) is 25.1. The molecule has 8 heterocycles. The van der Waals surface area contributed by atoms with Crippen molar-refractivity contribution >= 4 is 23.9 Å². The van der Waals surface area contributed by atoms with Gasteiger partial charge in [0, 0.05) is 142 Å². The van der Waals surface area contributed by atoms with E-state index in [2.05, 4.69) is 49.6 Å². The highest BCUT2D eigenvalue weighted by Crippen LogP contribution is 2.50. The Balaban J connectivity index is 0.000000211. The molecule has 0 spiro atoms. The summed E-state index contributed by atoms with van der Waals surface area (Å²) in [6.07, 6.45) is -1.14. The van der Waals surface area contributed by atoms with Gasteiger partial charge in [0.2, 0.25) is 0 Å². The number of carbonyl (C=O) groups is 4. The highest BCUT2D eigenvalue weighted by atomic mass is 16.6. The molecule has 8 unspecified atom stereocenters. The third-order valence-corrected chi connectivity index (χ3v) is 25.1. The summed E-state index contributed by atoms with van der Waals surface area (Å²) >= 11 is 0. The van der Waals surface area contributed by atoms with Crippen LogP contribution in [0.2, 0.25) is 0 Å². The summed E-state index contributed by atoms with van der Waals surface area (Å²) in [4.78, 5) is 60.2. The number of carbonyl (C=O) groups excluding carboxylic acids is 4. The average Bonchev–Trinajstić information content (AvgIpc) is 0.733. The van der Waals surface area contributed by atoms with Gasteiger partial charge in [-0.2, -0.15) is 0 Å². The molecule has 4 aromatic rings. The lowest BCUT2D eigenvalue weighted by Gasteiger charge is -2.47. The molecule has 12 rings (SSSR count). The largest absolute Gasteiger partial charge is 0.493 e. The minimum atomic E-state index is -2.93. The number of esters is 4. The van der Waals surface area contributed by atoms with Gasteiger partial charge < -0.3 is 79.8 Å². The second kappa shape index (κ2) is 43.9. The molecular formula is C96H152N8O16. The summed E-state index contributed by atoms with van der Waals surface area (Å²) in [5.41, 5.74) is 32.1. The van der Waals surface area contributed by atoms with Crippen molar-refractivity contribution in [1.29, 1.82) is 0 Å². The summed E-state index contributed by atoms with van der Waals surface area (Å²) in [7, 11) is -0.272. The first-order valence-corrected chi connectivity index (χ1v) is 42.8. The topological polar surface area (TPSA) is 296 Å². The monoisotopic (exact) mass is 1690 g/mol. The van der Waals surface area contributed by atoms with Crippen LogP contribution in [-0.2, 0) is 63.8 Å². The van der Waals surface area contributed by atoms with E-state index in [0.29, 0.717) is 55.9 Å². The van der Waals surface area contributed by atoms with Gasteiger partial charge >= 0.3 is 23.9 Å². The zero-order valence-corrected chi connectivity index (χ0v) is 74.2. The minimum absolute atomic E-state index is 0.0115. The van der Waals surface area contributed by atoms with E-state index in [1.54, 1.807) is 72.2 Å². The van der Waals surface area contributed by atoms with Crippen molar-refractivity contribution in [2.24, 2.45) is 93.9 Å². The van der Waals surface area contributed by atoms with Crippen LogP contribution in [0.1, 0.15) is 259 Å². The predicted octanol–water partition coefficient (Wildman–Crippen LogP) is 14.3. The molecular weight excluding hydrogens is 1520 g/mol. The van der Waals surface area contributed by atoms with Crippen LogP contribution in [0, 0.1) is 71.0 Å². The molecule has 18 atom stereocenters. The molecule has 24 heteroatoms. The van der Waals surface area contributed by atoms with Gasteiger partial charge in [-0.1, -0.05) is 111 Å². The number of hydrogen-bond acceptors (Lipinski definition) is 24. The quantitative estimate of drug-likeness (QED) is 0.0303. The van der Waals surface area contributed by atoms with Crippen molar-refractivity contribution in [3.8, 4) is 46.0 Å². The van der Waals surface area contributed by atoms with Crippen LogP contribution in [0.5, 0.6) is 46.0 Å². The lowest BCUT2D eigenvalue weighted by Crippen LogP contribution is -2.51. The Labute approximate surface area is 748 Å². The van der Waals surface area contributed by atoms with E-state index >= 15 is 0 Å². The van der Waals surface area contributed by atoms with Crippen LogP contribution in [0.3, 0.4) is 0 Å². The SMILES string of the molecule is COc1cc2c(cc1OC)C1CC(OC(=O)[C@@H](N)C(C)C)C(CC(C)C)CN1CC2.[2H]C([2H])([2H])Oc1cc2c(cc1OC)C1CC(OC(=O)[C@@H](N)C(C)C)C(CC(C)C)CN1CC2.[2H]C([2H])([2H])Oc1cc2c(cc1OC)[C@H]1C[C@@H](OC(=O)[C@@H](N)C(C)C)[C@H](C([2H])([2H])C([2H])(C)C([2H])([2H])[2H])CN1CC2.[2H]C([2H])([2H])Oc1cc2c(cc1OC)[C@H]1C[C@@H](OC(=O)[C@@H](N)C(C)C)[C@H](C([2H])([2H])C([2H])(C)C([2H])([2H])[2H])CN1CC2. The maximum atomic E-state index is 12.9. The van der Waals surface area contributed by atoms with Crippen LogP contribution in [0.25, 0.3) is 0 Å². The van der Waals surface area contributed by atoms with E-state index in [0.717, 1.165) is 117 Å². The highest BCUT2D eigenvalue weighted by Gasteiger charge is 2.47. The molecule has 8 aliphatic heterocycles. The summed E-state index contributed by atoms with van der Waals surface area (Å²) in [6.45, 7) is 24.5. The van der Waals surface area contributed by atoms with Gasteiger partial charge in [-0.15, -0.1) is 0 Å². The molecule has 0 aromatic heterocycles. The Bertz CT molecular complexity index is 4740. The van der Waals surface area contributed by atoms with Gasteiger partial charge in [0.25, 0.3) is 0 Å². The Morgan fingerprint density at radius 2 is 0.575 bits per heavy atom. The standard InChI is InChI=1S/4C24H38N2O4/c4*1-14(2)9-17-13-26-8-7-16-10-21(28-5)22(29-6)11-18(16)19(26)12-20(17)30-24(27)23(25)15(3)4/h4*10-11,14-15,17,19-20,23H,7-9,12-13,25H2,1-6H3/t2*17?,19?,20?,23-;2*17-,19-,20-,23+/m0011/s1/i5D3;;2*1D3,5D3,9D2,14D/t2m;2*14?,17-,19-,20-,23+. The molecule has 672 valence electrons. The maximum absolute atomic E-state index is 12.9. The van der Waals surface area contributed by atoms with Gasteiger partial charge in [-0.05, 0) is 192 Å². The van der Waals surface area contributed by atoms with Gasteiger partial charge in [0.05, 0.1) is 69.0 Å². The molecule has 4 saturated heterocycles. The Kier molecular flexibility index (Phi) is 25.7. The molecule has 4 fully saturated rings. The lowest BCUT2D eigenvalue weighted by molar-refractivity contribution is -0.161. The molecule has 8 aliphatic rings. The minimum Gasteiger partial charge on any atom is -0.493 e. The van der Waals surface area contributed by atoms with Crippen LogP contribution >= 0.6 is 0 Å². The van der Waals surface area contributed by atoms with Crippen LogP contribution in [0.15, 0.2) is 48.5 Å². The third kappa shape index (κ3) is 23.8. The van der Waals surface area contributed by atoms with E-state index in [-0.39, 0.29) is 133 Å². The molecule has 0 bridgehead atoms. The highest BCUT2D eigenvalue weighted by molar-refractivity contribution is 5.77. The molecule has 0 radical (unpaired) electrons. The predicted molar refractivity (Wildman–Crippen MR) is 471 cm³/mol. The number of benzene rings is 4. The first-order chi connectivity index (χ1) is 65.0. The summed E-state index contributed by atoms with van der Waals surface area (Å²) in [5, 5.41) is 0. The molecule has 8 N–H and O–H groups in total. The average molecular weight is 1700 g/mol. The van der Waals surface area contributed by atoms with E-state index < -0.39 is 120 Å². The van der Waals surface area contributed by atoms with Crippen molar-refractivity contribution < 1.29 is 105 Å². The smallest absolute Gasteiger partial charge is 0.323 e. The van der Waals surface area contributed by atoms with Crippen molar-refractivity contribution in [2.45, 2.75) is 260 Å². The van der Waals surface area contributed by atoms with Crippen LogP contribution < -0.4 is 60.8 Å². The van der Waals surface area contributed by atoms with Gasteiger partial charge in [0.15, 0.2) is 46.0 Å². The fourth-order valence-electron chi connectivity index (χ4n) is 18.3. The first-order valence-electron chi connectivity index (χ1n) is 53.3. The fourth-order valence-corrected chi connectivity index (χ4v) is 18.3. The van der Waals surface area contributed by atoms with E-state index in [1.165, 1.54) is 32.5 Å². The number of nitrogens with two attached hydrogens (primary N) is 4. The summed E-state index contributed by atoms with van der Waals surface area (Å²) < 4.78 is 233. The van der Waals surface area contributed by atoms with Crippen molar-refractivity contribution in [3.63, 3.8) is 0 Å². The van der Waals surface area contributed by atoms with Gasteiger partial charge in [-0.3, -0.25) is 38.8 Å². The van der Waals surface area contributed by atoms with Crippen molar-refractivity contribution in [2.75, 3.05) is 109 Å². The molecule has 4 aromatic carbocycles. The van der Waals surface area contributed by atoms with E-state index in [1.807, 2.05) is 43.6 Å². The number of ether oxygens (including phenoxy) is 12. The lowest BCUT2D eigenvalue weighted by atomic mass is 9.79. The second-order valence-electron chi connectivity index (χ2n) is 35.8. The molecule has 0 saturated carbocycles. The zero-order chi connectivity index (χ0) is 106. The molecule has 120 heavy (non-hydrogen) atoms. The number of piperidine rings is 4. The second-order valence-corrected chi connectivity index (χ2v) is 35.8. The van der Waals surface area contributed by atoms with Crippen molar-refractivity contribution in [3.05, 3.63) is 93.0 Å². The molecule has 24 nitrogen and oxygen atoms in total. The maximum Gasteiger partial charge on any atom is 0.323 e. The Morgan fingerprint density at radius 3 is 0.783 bits per heavy atom. The normalized spacial score (nSPS) is 29.2. The first kappa shape index (κ1) is 70.2. The Morgan fingerprint density at radius 1 is 0.358 bits per heavy atom. The summed E-state index contributed by atoms with van der Waals surface area (Å²) in [6, 6.07) is 10.9. The summed E-state index contributed by atoms with van der Waals surface area (Å²) in [5.74, 6) is -5.39. The number of rotatable bonds is 28.